The molecule has 1 atom stereocenters. The van der Waals surface area contributed by atoms with Gasteiger partial charge in [-0.3, -0.25) is 9.69 Å². The van der Waals surface area contributed by atoms with E-state index in [-0.39, 0.29) is 18.3 Å². The molecule has 1 unspecified atom stereocenters. The number of nitrogens with zero attached hydrogens (tertiary/aromatic N) is 1. The van der Waals surface area contributed by atoms with E-state index in [1.54, 1.807) is 0 Å². The molecule has 1 aromatic carbocycles. The normalized spacial score (nSPS) is 21.5. The predicted molar refractivity (Wildman–Crippen MR) is 88.2 cm³/mol. The summed E-state index contributed by atoms with van der Waals surface area (Å²) in [6.07, 6.45) is 3.57. The van der Waals surface area contributed by atoms with Crippen LogP contribution in [0, 0.1) is 0 Å². The summed E-state index contributed by atoms with van der Waals surface area (Å²) in [4.78, 5) is 14.3. The third kappa shape index (κ3) is 4.19. The Balaban J connectivity index is 0.00000161. The van der Waals surface area contributed by atoms with Crippen molar-refractivity contribution in [2.45, 2.75) is 32.2 Å². The van der Waals surface area contributed by atoms with E-state index in [1.807, 2.05) is 6.07 Å². The van der Waals surface area contributed by atoms with Crippen molar-refractivity contribution in [3.05, 3.63) is 29.3 Å². The maximum absolute atomic E-state index is 12.1. The van der Waals surface area contributed by atoms with Crippen LogP contribution in [-0.4, -0.2) is 43.0 Å². The van der Waals surface area contributed by atoms with Crippen molar-refractivity contribution in [2.24, 2.45) is 0 Å². The van der Waals surface area contributed by atoms with E-state index in [9.17, 15) is 4.79 Å². The van der Waals surface area contributed by atoms with Crippen LogP contribution in [0.1, 0.15) is 24.5 Å². The van der Waals surface area contributed by atoms with E-state index in [0.717, 1.165) is 31.7 Å². The fourth-order valence-electron chi connectivity index (χ4n) is 3.21. The van der Waals surface area contributed by atoms with Gasteiger partial charge in [-0.1, -0.05) is 6.07 Å². The van der Waals surface area contributed by atoms with Crippen molar-refractivity contribution < 1.29 is 4.79 Å². The molecule has 5 heteroatoms. The summed E-state index contributed by atoms with van der Waals surface area (Å²) < 4.78 is 0. The van der Waals surface area contributed by atoms with Crippen molar-refractivity contribution in [3.8, 4) is 0 Å². The lowest BCUT2D eigenvalue weighted by Gasteiger charge is -2.31. The lowest BCUT2D eigenvalue weighted by molar-refractivity contribution is -0.117. The van der Waals surface area contributed by atoms with E-state index in [0.29, 0.717) is 12.6 Å². The third-order valence-electron chi connectivity index (χ3n) is 4.20. The Morgan fingerprint density at radius 3 is 3.00 bits per heavy atom. The first kappa shape index (κ1) is 16.3. The zero-order valence-corrected chi connectivity index (χ0v) is 13.3. The Kier molecular flexibility index (Phi) is 5.62. The van der Waals surface area contributed by atoms with Crippen LogP contribution >= 0.6 is 12.4 Å². The molecule has 0 spiro atoms. The highest BCUT2D eigenvalue weighted by Crippen LogP contribution is 2.24. The minimum absolute atomic E-state index is 0. The number of piperazine rings is 1. The monoisotopic (exact) mass is 309 g/mol. The number of nitrogens with one attached hydrogen (secondary N) is 2. The summed E-state index contributed by atoms with van der Waals surface area (Å²) in [5.74, 6) is 0.0945. The lowest BCUT2D eigenvalue weighted by atomic mass is 10.1. The molecular weight excluding hydrogens is 286 g/mol. The van der Waals surface area contributed by atoms with Crippen molar-refractivity contribution in [2.75, 3.05) is 31.5 Å². The molecule has 0 saturated carbocycles. The van der Waals surface area contributed by atoms with Crippen LogP contribution in [0.4, 0.5) is 5.69 Å². The van der Waals surface area contributed by atoms with Gasteiger partial charge < -0.3 is 10.6 Å². The highest BCUT2D eigenvalue weighted by molar-refractivity contribution is 5.92. The van der Waals surface area contributed by atoms with Crippen LogP contribution in [0.25, 0.3) is 0 Å². The van der Waals surface area contributed by atoms with Gasteiger partial charge in [0.15, 0.2) is 0 Å². The maximum Gasteiger partial charge on any atom is 0.238 e. The SMILES string of the molecule is CC1CN(CC(=O)Nc2ccc3c(c2)CCC3)CCN1.Cl. The molecule has 1 amide bonds. The fraction of sp³-hybridized carbons (Fsp3) is 0.562. The van der Waals surface area contributed by atoms with E-state index in [1.165, 1.54) is 24.0 Å². The molecule has 0 bridgehead atoms. The summed E-state index contributed by atoms with van der Waals surface area (Å²) in [6, 6.07) is 6.80. The molecule has 1 aliphatic carbocycles. The molecule has 1 saturated heterocycles. The zero-order valence-electron chi connectivity index (χ0n) is 12.5. The topological polar surface area (TPSA) is 44.4 Å². The average Bonchev–Trinajstić information content (AvgIpc) is 2.86. The van der Waals surface area contributed by atoms with Crippen molar-refractivity contribution in [1.82, 2.24) is 10.2 Å². The number of hydrogen-bond acceptors (Lipinski definition) is 3. The number of benzene rings is 1. The second-order valence-electron chi connectivity index (χ2n) is 5.98. The summed E-state index contributed by atoms with van der Waals surface area (Å²) in [5, 5.41) is 6.42. The minimum Gasteiger partial charge on any atom is -0.325 e. The number of aryl methyl sites for hydroxylation is 2. The van der Waals surface area contributed by atoms with E-state index < -0.39 is 0 Å². The molecule has 3 rings (SSSR count). The van der Waals surface area contributed by atoms with Crippen LogP contribution in [0.3, 0.4) is 0 Å². The average molecular weight is 310 g/mol. The van der Waals surface area contributed by atoms with Crippen molar-refractivity contribution in [1.29, 1.82) is 0 Å². The number of hydrogen-bond donors (Lipinski definition) is 2. The highest BCUT2D eigenvalue weighted by Gasteiger charge is 2.18. The van der Waals surface area contributed by atoms with E-state index in [2.05, 4.69) is 34.6 Å². The second kappa shape index (κ2) is 7.25. The molecule has 1 fully saturated rings. The van der Waals surface area contributed by atoms with Crippen LogP contribution in [0.2, 0.25) is 0 Å². The van der Waals surface area contributed by atoms with Gasteiger partial charge in [-0.25, -0.2) is 0 Å². The van der Waals surface area contributed by atoms with Crippen LogP contribution in [-0.2, 0) is 17.6 Å². The molecule has 2 N–H and O–H groups in total. The lowest BCUT2D eigenvalue weighted by Crippen LogP contribution is -2.51. The van der Waals surface area contributed by atoms with Gasteiger partial charge in [0.2, 0.25) is 5.91 Å². The van der Waals surface area contributed by atoms with E-state index in [4.69, 9.17) is 0 Å². The van der Waals surface area contributed by atoms with Crippen LogP contribution < -0.4 is 10.6 Å². The first-order valence-electron chi connectivity index (χ1n) is 7.58. The van der Waals surface area contributed by atoms with Crippen LogP contribution in [0.15, 0.2) is 18.2 Å². The highest BCUT2D eigenvalue weighted by atomic mass is 35.5. The molecule has 1 heterocycles. The first-order chi connectivity index (χ1) is 9.70. The molecule has 1 aliphatic heterocycles. The van der Waals surface area contributed by atoms with Gasteiger partial charge in [-0.15, -0.1) is 12.4 Å². The summed E-state index contributed by atoms with van der Waals surface area (Å²) in [6.45, 7) is 5.50. The van der Waals surface area contributed by atoms with Gasteiger partial charge in [-0.2, -0.15) is 0 Å². The number of fused-ring (bicyclic) bond motifs is 1. The fourth-order valence-corrected chi connectivity index (χ4v) is 3.21. The largest absolute Gasteiger partial charge is 0.325 e. The predicted octanol–water partition coefficient (Wildman–Crippen LogP) is 1.83. The Morgan fingerprint density at radius 2 is 2.19 bits per heavy atom. The number of carbonyl (C=O) groups is 1. The number of rotatable bonds is 3. The minimum atomic E-state index is 0. The third-order valence-corrected chi connectivity index (χ3v) is 4.20. The Morgan fingerprint density at radius 1 is 1.38 bits per heavy atom. The Labute approximate surface area is 132 Å². The van der Waals surface area contributed by atoms with Gasteiger partial charge in [0.05, 0.1) is 6.54 Å². The molecule has 2 aliphatic rings. The summed E-state index contributed by atoms with van der Waals surface area (Å²) in [7, 11) is 0. The van der Waals surface area contributed by atoms with Crippen molar-refractivity contribution >= 4 is 24.0 Å². The molecule has 0 aromatic heterocycles. The summed E-state index contributed by atoms with van der Waals surface area (Å²) in [5.41, 5.74) is 3.79. The number of halogens is 1. The van der Waals surface area contributed by atoms with Crippen LogP contribution in [0.5, 0.6) is 0 Å². The molecular formula is C16H24ClN3O. The molecule has 0 radical (unpaired) electrons. The van der Waals surface area contributed by atoms with Gasteiger partial charge in [0.25, 0.3) is 0 Å². The molecule has 21 heavy (non-hydrogen) atoms. The second-order valence-corrected chi connectivity index (χ2v) is 5.98. The molecule has 4 nitrogen and oxygen atoms in total. The Bertz CT molecular complexity index is 506. The van der Waals surface area contributed by atoms with Gasteiger partial charge >= 0.3 is 0 Å². The van der Waals surface area contributed by atoms with E-state index >= 15 is 0 Å². The van der Waals surface area contributed by atoms with Crippen molar-refractivity contribution in [3.63, 3.8) is 0 Å². The zero-order chi connectivity index (χ0) is 13.9. The maximum atomic E-state index is 12.1. The quantitative estimate of drug-likeness (QED) is 0.895. The Hall–Kier alpha value is -1.10. The number of amides is 1. The van der Waals surface area contributed by atoms with Gasteiger partial charge in [0, 0.05) is 31.4 Å². The molecule has 1 aromatic rings. The first-order valence-corrected chi connectivity index (χ1v) is 7.58. The van der Waals surface area contributed by atoms with Gasteiger partial charge in [0.1, 0.15) is 0 Å². The number of carbonyl (C=O) groups excluding carboxylic acids is 1. The molecule has 116 valence electrons. The smallest absolute Gasteiger partial charge is 0.238 e. The number of anilines is 1. The summed E-state index contributed by atoms with van der Waals surface area (Å²) >= 11 is 0. The van der Waals surface area contributed by atoms with Gasteiger partial charge in [-0.05, 0) is 49.4 Å². The standard InChI is InChI=1S/C16H23N3O.ClH/c1-12-10-19(8-7-17-12)11-16(20)18-15-6-5-13-3-2-4-14(13)9-15;/h5-6,9,12,17H,2-4,7-8,10-11H2,1H3,(H,18,20);1H.